The molecule has 1 amide bonds. The van der Waals surface area contributed by atoms with Crippen LogP contribution < -0.4 is 14.8 Å². The minimum Gasteiger partial charge on any atom is -0.492 e. The Hall–Kier alpha value is -4.52. The Balaban J connectivity index is 1.70. The third-order valence-electron chi connectivity index (χ3n) is 6.31. The Bertz CT molecular complexity index is 1720. The summed E-state index contributed by atoms with van der Waals surface area (Å²) in [6, 6.07) is 8.62. The number of aldehydes is 1. The summed E-state index contributed by atoms with van der Waals surface area (Å²) in [6.07, 6.45) is 4.94. The van der Waals surface area contributed by atoms with E-state index < -0.39 is 15.9 Å². The molecule has 0 fully saturated rings. The first-order valence-corrected chi connectivity index (χ1v) is 14.1. The van der Waals surface area contributed by atoms with E-state index >= 15 is 0 Å². The molecule has 0 saturated heterocycles. The molecule has 40 heavy (non-hydrogen) atoms. The summed E-state index contributed by atoms with van der Waals surface area (Å²) in [5.74, 6) is 0.0182. The molecule has 2 aromatic carbocycles. The van der Waals surface area contributed by atoms with Gasteiger partial charge in [-0.05, 0) is 47.7 Å². The predicted octanol–water partition coefficient (Wildman–Crippen LogP) is 3.72. The maximum absolute atomic E-state index is 13.4. The second-order valence-electron chi connectivity index (χ2n) is 10.4. The van der Waals surface area contributed by atoms with Crippen LogP contribution >= 0.6 is 0 Å². The van der Waals surface area contributed by atoms with Crippen LogP contribution in [0, 0.1) is 6.92 Å². The number of imidazole rings is 1. The van der Waals surface area contributed by atoms with Gasteiger partial charge in [-0.2, -0.15) is 0 Å². The van der Waals surface area contributed by atoms with Gasteiger partial charge in [-0.1, -0.05) is 32.1 Å². The number of aromatic nitrogens is 5. The Morgan fingerprint density at radius 1 is 1.12 bits per heavy atom. The highest BCUT2D eigenvalue weighted by atomic mass is 32.2. The minimum absolute atomic E-state index is 0.186. The molecule has 12 nitrogen and oxygen atoms in total. The zero-order valence-electron chi connectivity index (χ0n) is 23.3. The molecule has 2 aromatic heterocycles. The van der Waals surface area contributed by atoms with E-state index in [0.29, 0.717) is 34.6 Å². The SMILES string of the molecule is COc1c(NC(=O)c2ccc(C)c(-n3cc(-c4cnc(C=O)n4C)nn3)c2)cc(C(C)(C)C)cc1NS(C)(=O)=O. The van der Waals surface area contributed by atoms with Gasteiger partial charge in [0.1, 0.15) is 5.69 Å². The van der Waals surface area contributed by atoms with Crippen molar-refractivity contribution >= 4 is 33.6 Å². The largest absolute Gasteiger partial charge is 0.492 e. The Labute approximate surface area is 232 Å². The van der Waals surface area contributed by atoms with Crippen molar-refractivity contribution in [3.05, 3.63) is 65.2 Å². The molecule has 0 bridgehead atoms. The van der Waals surface area contributed by atoms with Crippen molar-refractivity contribution < 1.29 is 22.7 Å². The van der Waals surface area contributed by atoms with Gasteiger partial charge in [0.15, 0.2) is 17.9 Å². The van der Waals surface area contributed by atoms with E-state index in [4.69, 9.17) is 4.74 Å². The number of benzene rings is 2. The fraction of sp³-hybridized carbons (Fsp3) is 0.296. The first kappa shape index (κ1) is 28.5. The summed E-state index contributed by atoms with van der Waals surface area (Å²) in [7, 11) is -0.499. The van der Waals surface area contributed by atoms with Crippen molar-refractivity contribution in [1.82, 2.24) is 24.5 Å². The number of hydrogen-bond donors (Lipinski definition) is 2. The van der Waals surface area contributed by atoms with Gasteiger partial charge in [-0.15, -0.1) is 5.10 Å². The van der Waals surface area contributed by atoms with E-state index in [1.807, 2.05) is 27.7 Å². The van der Waals surface area contributed by atoms with Crippen LogP contribution in [0.4, 0.5) is 11.4 Å². The van der Waals surface area contributed by atoms with E-state index in [-0.39, 0.29) is 22.7 Å². The van der Waals surface area contributed by atoms with Gasteiger partial charge in [-0.3, -0.25) is 14.3 Å². The number of nitrogens with one attached hydrogen (secondary N) is 2. The van der Waals surface area contributed by atoms with Crippen molar-refractivity contribution in [3.63, 3.8) is 0 Å². The molecule has 4 aromatic rings. The predicted molar refractivity (Wildman–Crippen MR) is 152 cm³/mol. The van der Waals surface area contributed by atoms with Crippen LogP contribution in [-0.2, 0) is 22.5 Å². The van der Waals surface area contributed by atoms with Gasteiger partial charge < -0.3 is 14.6 Å². The quantitative estimate of drug-likeness (QED) is 0.307. The summed E-state index contributed by atoms with van der Waals surface area (Å²) in [4.78, 5) is 28.7. The number of rotatable bonds is 8. The highest BCUT2D eigenvalue weighted by Crippen LogP contribution is 2.39. The summed E-state index contributed by atoms with van der Waals surface area (Å²) in [5.41, 5.74) is 3.92. The zero-order chi connectivity index (χ0) is 29.4. The summed E-state index contributed by atoms with van der Waals surface area (Å²) in [5, 5.41) is 11.3. The Morgan fingerprint density at radius 2 is 1.82 bits per heavy atom. The number of carbonyl (C=O) groups excluding carboxylic acids is 2. The molecule has 2 heterocycles. The van der Waals surface area contributed by atoms with Crippen molar-refractivity contribution in [2.75, 3.05) is 23.4 Å². The van der Waals surface area contributed by atoms with Gasteiger partial charge in [0.2, 0.25) is 10.0 Å². The minimum atomic E-state index is -3.61. The van der Waals surface area contributed by atoms with Crippen molar-refractivity contribution in [2.45, 2.75) is 33.1 Å². The number of hydrogen-bond acceptors (Lipinski definition) is 8. The van der Waals surface area contributed by atoms with E-state index in [9.17, 15) is 18.0 Å². The van der Waals surface area contributed by atoms with E-state index in [1.54, 1.807) is 59.0 Å². The van der Waals surface area contributed by atoms with E-state index in [2.05, 4.69) is 25.3 Å². The monoisotopic (exact) mass is 565 g/mol. The number of ether oxygens (including phenoxy) is 1. The van der Waals surface area contributed by atoms with Crippen LogP contribution in [-0.4, -0.2) is 58.5 Å². The van der Waals surface area contributed by atoms with Crippen LogP contribution in [0.2, 0.25) is 0 Å². The number of methoxy groups -OCH3 is 1. The molecular formula is C27H31N7O5S. The summed E-state index contributed by atoms with van der Waals surface area (Å²) < 4.78 is 35.2. The van der Waals surface area contributed by atoms with Crippen LogP contribution in [0.15, 0.2) is 42.7 Å². The molecule has 210 valence electrons. The van der Waals surface area contributed by atoms with Crippen LogP contribution in [0.1, 0.15) is 52.9 Å². The van der Waals surface area contributed by atoms with Gasteiger partial charge in [0.05, 0.1) is 48.5 Å². The fourth-order valence-corrected chi connectivity index (χ4v) is 4.66. The maximum atomic E-state index is 13.4. The lowest BCUT2D eigenvalue weighted by Crippen LogP contribution is -2.18. The maximum Gasteiger partial charge on any atom is 0.255 e. The molecule has 0 aliphatic carbocycles. The third-order valence-corrected chi connectivity index (χ3v) is 6.90. The van der Waals surface area contributed by atoms with Gasteiger partial charge >= 0.3 is 0 Å². The molecule has 2 N–H and O–H groups in total. The molecule has 4 rings (SSSR count). The first-order valence-electron chi connectivity index (χ1n) is 12.2. The number of anilines is 2. The average molecular weight is 566 g/mol. The topological polar surface area (TPSA) is 150 Å². The first-order chi connectivity index (χ1) is 18.7. The Kier molecular flexibility index (Phi) is 7.52. The second-order valence-corrected chi connectivity index (χ2v) is 12.2. The molecule has 13 heteroatoms. The standard InChI is InChI=1S/C27H31N7O5S/c1-16-8-9-17(10-22(16)34-14-21(30-32-34)23-13-28-24(15-35)33(23)5)26(36)29-19-11-18(27(2,3)4)12-20(25(19)39-6)31-40(7,37)38/h8-15,31H,1-7H3,(H,29,36). The summed E-state index contributed by atoms with van der Waals surface area (Å²) in [6.45, 7) is 7.82. The molecule has 0 saturated carbocycles. The van der Waals surface area contributed by atoms with Crippen LogP contribution in [0.5, 0.6) is 5.75 Å². The van der Waals surface area contributed by atoms with Crippen molar-refractivity contribution in [2.24, 2.45) is 7.05 Å². The molecule has 0 aliphatic rings. The van der Waals surface area contributed by atoms with Crippen LogP contribution in [0.3, 0.4) is 0 Å². The fourth-order valence-electron chi connectivity index (χ4n) is 4.11. The molecule has 0 atom stereocenters. The van der Waals surface area contributed by atoms with Gasteiger partial charge in [-0.25, -0.2) is 18.1 Å². The highest BCUT2D eigenvalue weighted by Gasteiger charge is 2.23. The molecule has 0 spiro atoms. The normalized spacial score (nSPS) is 11.8. The molecule has 0 radical (unpaired) electrons. The average Bonchev–Trinajstić information content (AvgIpc) is 3.49. The lowest BCUT2D eigenvalue weighted by molar-refractivity contribution is 0.102. The van der Waals surface area contributed by atoms with Crippen LogP contribution in [0.25, 0.3) is 17.1 Å². The van der Waals surface area contributed by atoms with Gasteiger partial charge in [0, 0.05) is 12.6 Å². The number of sulfonamides is 1. The van der Waals surface area contributed by atoms with E-state index in [1.165, 1.54) is 7.11 Å². The molecular weight excluding hydrogens is 534 g/mol. The van der Waals surface area contributed by atoms with Crippen molar-refractivity contribution in [3.8, 4) is 22.8 Å². The Morgan fingerprint density at radius 3 is 2.42 bits per heavy atom. The van der Waals surface area contributed by atoms with E-state index in [0.717, 1.165) is 17.4 Å². The third kappa shape index (κ3) is 5.88. The van der Waals surface area contributed by atoms with Gasteiger partial charge in [0.25, 0.3) is 5.91 Å². The highest BCUT2D eigenvalue weighted by molar-refractivity contribution is 7.92. The zero-order valence-corrected chi connectivity index (χ0v) is 24.1. The number of aryl methyl sites for hydroxylation is 1. The number of nitrogens with zero attached hydrogens (tertiary/aromatic N) is 5. The molecule has 0 aliphatic heterocycles. The number of carbonyl (C=O) groups is 2. The number of amides is 1. The lowest BCUT2D eigenvalue weighted by atomic mass is 9.86. The smallest absolute Gasteiger partial charge is 0.255 e. The molecule has 0 unspecified atom stereocenters. The summed E-state index contributed by atoms with van der Waals surface area (Å²) >= 11 is 0. The second kappa shape index (κ2) is 10.6. The lowest BCUT2D eigenvalue weighted by Gasteiger charge is -2.24. The van der Waals surface area contributed by atoms with Crippen molar-refractivity contribution in [1.29, 1.82) is 0 Å².